The van der Waals surface area contributed by atoms with Gasteiger partial charge in [0.25, 0.3) is 0 Å². The van der Waals surface area contributed by atoms with E-state index in [4.69, 9.17) is 4.74 Å². The second-order valence-corrected chi connectivity index (χ2v) is 8.30. The van der Waals surface area contributed by atoms with Crippen LogP contribution in [0.2, 0.25) is 0 Å². The largest absolute Gasteiger partial charge is 0.497 e. The van der Waals surface area contributed by atoms with Crippen molar-refractivity contribution in [3.8, 4) is 5.75 Å². The zero-order valence-electron chi connectivity index (χ0n) is 18.7. The zero-order chi connectivity index (χ0) is 22.1. The molecule has 31 heavy (non-hydrogen) atoms. The van der Waals surface area contributed by atoms with Gasteiger partial charge in [0.2, 0.25) is 11.8 Å². The molecule has 0 radical (unpaired) electrons. The molecule has 0 aromatic heterocycles. The van der Waals surface area contributed by atoms with Crippen molar-refractivity contribution < 1.29 is 14.3 Å². The Kier molecular flexibility index (Phi) is 8.51. The predicted molar refractivity (Wildman–Crippen MR) is 123 cm³/mol. The lowest BCUT2D eigenvalue weighted by atomic mass is 9.95. The molecule has 1 atom stereocenters. The van der Waals surface area contributed by atoms with Crippen molar-refractivity contribution in [1.82, 2.24) is 10.2 Å². The van der Waals surface area contributed by atoms with Crippen LogP contribution in [-0.2, 0) is 22.6 Å². The van der Waals surface area contributed by atoms with Gasteiger partial charge < -0.3 is 15.0 Å². The number of ether oxygens (including phenoxy) is 1. The summed E-state index contributed by atoms with van der Waals surface area (Å²) < 4.78 is 5.21. The van der Waals surface area contributed by atoms with E-state index in [-0.39, 0.29) is 24.3 Å². The Bertz CT molecular complexity index is 829. The van der Waals surface area contributed by atoms with Crippen molar-refractivity contribution >= 4 is 11.8 Å². The van der Waals surface area contributed by atoms with Gasteiger partial charge in [0.15, 0.2) is 0 Å². The average molecular weight is 423 g/mol. The predicted octanol–water partition coefficient (Wildman–Crippen LogP) is 4.49. The highest BCUT2D eigenvalue weighted by Gasteiger charge is 2.30. The molecule has 5 heteroatoms. The Morgan fingerprint density at radius 3 is 2.29 bits per heavy atom. The van der Waals surface area contributed by atoms with Crippen LogP contribution in [0, 0.1) is 0 Å². The maximum absolute atomic E-state index is 13.4. The van der Waals surface area contributed by atoms with Crippen molar-refractivity contribution in [1.29, 1.82) is 0 Å². The molecule has 1 saturated carbocycles. The van der Waals surface area contributed by atoms with E-state index in [1.807, 2.05) is 61.5 Å². The van der Waals surface area contributed by atoms with Gasteiger partial charge in [0.1, 0.15) is 11.8 Å². The van der Waals surface area contributed by atoms with Gasteiger partial charge in [-0.15, -0.1) is 0 Å². The summed E-state index contributed by atoms with van der Waals surface area (Å²) in [4.78, 5) is 28.3. The van der Waals surface area contributed by atoms with E-state index in [2.05, 4.69) is 5.32 Å². The molecule has 0 bridgehead atoms. The Morgan fingerprint density at radius 1 is 1.00 bits per heavy atom. The molecule has 2 aromatic rings. The SMILES string of the molecule is CCC(C(=O)NC1CCCCC1)N(Cc1ccccc1)C(=O)Cc1ccc(OC)cc1. The monoisotopic (exact) mass is 422 g/mol. The minimum Gasteiger partial charge on any atom is -0.497 e. The molecule has 0 saturated heterocycles. The van der Waals surface area contributed by atoms with Gasteiger partial charge in [-0.2, -0.15) is 0 Å². The molecular formula is C26H34N2O3. The van der Waals surface area contributed by atoms with E-state index < -0.39 is 6.04 Å². The first-order valence-corrected chi connectivity index (χ1v) is 11.4. The molecule has 2 aromatic carbocycles. The van der Waals surface area contributed by atoms with E-state index >= 15 is 0 Å². The number of carbonyl (C=O) groups is 2. The molecule has 1 N–H and O–H groups in total. The lowest BCUT2D eigenvalue weighted by Crippen LogP contribution is -2.51. The topological polar surface area (TPSA) is 58.6 Å². The molecule has 1 fully saturated rings. The van der Waals surface area contributed by atoms with Gasteiger partial charge in [-0.3, -0.25) is 9.59 Å². The fraction of sp³-hybridized carbons (Fsp3) is 0.462. The standard InChI is InChI=1S/C26H34N2O3/c1-3-24(26(30)27-22-12-8-5-9-13-22)28(19-21-10-6-4-7-11-21)25(29)18-20-14-16-23(31-2)17-15-20/h4,6-7,10-11,14-17,22,24H,3,5,8-9,12-13,18-19H2,1-2H3,(H,27,30). The van der Waals surface area contributed by atoms with Crippen LogP contribution in [0.1, 0.15) is 56.6 Å². The number of hydrogen-bond acceptors (Lipinski definition) is 3. The Morgan fingerprint density at radius 2 is 1.68 bits per heavy atom. The minimum absolute atomic E-state index is 0.0339. The van der Waals surface area contributed by atoms with E-state index in [0.717, 1.165) is 42.6 Å². The molecule has 166 valence electrons. The van der Waals surface area contributed by atoms with Crippen LogP contribution in [0.4, 0.5) is 0 Å². The normalized spacial score (nSPS) is 15.2. The summed E-state index contributed by atoms with van der Waals surface area (Å²) in [6, 6.07) is 17.2. The van der Waals surface area contributed by atoms with Gasteiger partial charge >= 0.3 is 0 Å². The van der Waals surface area contributed by atoms with Crippen LogP contribution >= 0.6 is 0 Å². The highest BCUT2D eigenvalue weighted by Crippen LogP contribution is 2.20. The number of carbonyl (C=O) groups excluding carboxylic acids is 2. The van der Waals surface area contributed by atoms with Crippen molar-refractivity contribution in [3.63, 3.8) is 0 Å². The molecule has 0 spiro atoms. The highest BCUT2D eigenvalue weighted by molar-refractivity contribution is 5.88. The fourth-order valence-corrected chi connectivity index (χ4v) is 4.26. The Labute approximate surface area is 185 Å². The number of hydrogen-bond donors (Lipinski definition) is 1. The summed E-state index contributed by atoms with van der Waals surface area (Å²) in [6.45, 7) is 2.40. The van der Waals surface area contributed by atoms with E-state index in [9.17, 15) is 9.59 Å². The molecular weight excluding hydrogens is 388 g/mol. The van der Waals surface area contributed by atoms with Crippen LogP contribution in [0.5, 0.6) is 5.75 Å². The first kappa shape index (κ1) is 22.9. The summed E-state index contributed by atoms with van der Waals surface area (Å²) in [5, 5.41) is 3.22. The van der Waals surface area contributed by atoms with Crippen LogP contribution < -0.4 is 10.1 Å². The third-order valence-electron chi connectivity index (χ3n) is 6.05. The van der Waals surface area contributed by atoms with Crippen LogP contribution in [0.3, 0.4) is 0 Å². The molecule has 1 unspecified atom stereocenters. The first-order chi connectivity index (χ1) is 15.1. The van der Waals surface area contributed by atoms with Crippen molar-refractivity contribution in [2.45, 2.75) is 70.5 Å². The number of nitrogens with one attached hydrogen (secondary N) is 1. The summed E-state index contributed by atoms with van der Waals surface area (Å²) in [7, 11) is 1.62. The summed E-state index contributed by atoms with van der Waals surface area (Å²) >= 11 is 0. The summed E-state index contributed by atoms with van der Waals surface area (Å²) in [5.74, 6) is 0.684. The van der Waals surface area contributed by atoms with Gasteiger partial charge in [0, 0.05) is 12.6 Å². The smallest absolute Gasteiger partial charge is 0.243 e. The second kappa shape index (κ2) is 11.5. The number of rotatable bonds is 9. The maximum atomic E-state index is 13.4. The number of nitrogens with zero attached hydrogens (tertiary/aromatic N) is 1. The zero-order valence-corrected chi connectivity index (χ0v) is 18.7. The van der Waals surface area contributed by atoms with E-state index in [1.165, 1.54) is 6.42 Å². The number of methoxy groups -OCH3 is 1. The average Bonchev–Trinajstić information content (AvgIpc) is 2.80. The second-order valence-electron chi connectivity index (χ2n) is 8.30. The van der Waals surface area contributed by atoms with Crippen LogP contribution in [0.25, 0.3) is 0 Å². The Balaban J connectivity index is 1.77. The van der Waals surface area contributed by atoms with Crippen molar-refractivity contribution in [3.05, 3.63) is 65.7 Å². The number of benzene rings is 2. The molecule has 5 nitrogen and oxygen atoms in total. The summed E-state index contributed by atoms with van der Waals surface area (Å²) in [5.41, 5.74) is 1.93. The molecule has 1 aliphatic carbocycles. The van der Waals surface area contributed by atoms with Crippen molar-refractivity contribution in [2.75, 3.05) is 7.11 Å². The number of amides is 2. The maximum Gasteiger partial charge on any atom is 0.243 e. The third kappa shape index (κ3) is 6.58. The van der Waals surface area contributed by atoms with Gasteiger partial charge in [0.05, 0.1) is 13.5 Å². The van der Waals surface area contributed by atoms with Crippen LogP contribution in [0.15, 0.2) is 54.6 Å². The molecule has 1 aliphatic rings. The third-order valence-corrected chi connectivity index (χ3v) is 6.05. The van der Waals surface area contributed by atoms with Crippen molar-refractivity contribution in [2.24, 2.45) is 0 Å². The summed E-state index contributed by atoms with van der Waals surface area (Å²) in [6.07, 6.45) is 6.45. The lowest BCUT2D eigenvalue weighted by molar-refractivity contribution is -0.141. The quantitative estimate of drug-likeness (QED) is 0.648. The van der Waals surface area contributed by atoms with Gasteiger partial charge in [-0.1, -0.05) is 68.7 Å². The lowest BCUT2D eigenvalue weighted by Gasteiger charge is -2.33. The first-order valence-electron chi connectivity index (χ1n) is 11.4. The fourth-order valence-electron chi connectivity index (χ4n) is 4.26. The van der Waals surface area contributed by atoms with Gasteiger partial charge in [-0.25, -0.2) is 0 Å². The van der Waals surface area contributed by atoms with Crippen LogP contribution in [-0.4, -0.2) is 35.9 Å². The molecule has 3 rings (SSSR count). The van der Waals surface area contributed by atoms with E-state index in [0.29, 0.717) is 13.0 Å². The Hall–Kier alpha value is -2.82. The van der Waals surface area contributed by atoms with Gasteiger partial charge in [-0.05, 0) is 42.5 Å². The molecule has 0 aliphatic heterocycles. The molecule has 0 heterocycles. The highest BCUT2D eigenvalue weighted by atomic mass is 16.5. The molecule has 2 amide bonds. The van der Waals surface area contributed by atoms with E-state index in [1.54, 1.807) is 12.0 Å². The minimum atomic E-state index is -0.479.